The third-order valence-corrected chi connectivity index (χ3v) is 2.09. The van der Waals surface area contributed by atoms with Crippen LogP contribution in [-0.4, -0.2) is 6.61 Å². The molecule has 1 unspecified atom stereocenters. The van der Waals surface area contributed by atoms with Crippen LogP contribution in [0.5, 0.6) is 0 Å². The van der Waals surface area contributed by atoms with E-state index in [1.165, 1.54) is 18.2 Å². The maximum atomic E-state index is 13.3. The molecule has 1 nitrogen and oxygen atoms in total. The van der Waals surface area contributed by atoms with E-state index in [1.807, 2.05) is 13.8 Å². The molecule has 0 spiro atoms. The van der Waals surface area contributed by atoms with Crippen LogP contribution < -0.4 is 0 Å². The Bertz CT molecular complexity index is 303. The summed E-state index contributed by atoms with van der Waals surface area (Å²) < 4.78 is 32.0. The zero-order chi connectivity index (χ0) is 11.4. The lowest BCUT2D eigenvalue weighted by atomic mass is 10.1. The summed E-state index contributed by atoms with van der Waals surface area (Å²) in [5.41, 5.74) is 0.0122. The number of rotatable bonds is 4. The zero-order valence-electron chi connectivity index (χ0n) is 9.26. The monoisotopic (exact) mass is 214 g/mol. The van der Waals surface area contributed by atoms with Crippen molar-refractivity contribution in [3.8, 4) is 0 Å². The van der Waals surface area contributed by atoms with Crippen molar-refractivity contribution in [3.63, 3.8) is 0 Å². The molecule has 3 heteroatoms. The van der Waals surface area contributed by atoms with Gasteiger partial charge >= 0.3 is 0 Å². The molecule has 0 amide bonds. The Balaban J connectivity index is 2.77. The average Bonchev–Trinajstić information content (AvgIpc) is 2.14. The molecular formula is C12H16F2O. The molecule has 84 valence electrons. The Morgan fingerprint density at radius 1 is 1.13 bits per heavy atom. The first-order valence-electron chi connectivity index (χ1n) is 5.08. The molecular weight excluding hydrogens is 198 g/mol. The maximum Gasteiger partial charge on any atom is 0.131 e. The van der Waals surface area contributed by atoms with Crippen LogP contribution in [0.1, 0.15) is 32.4 Å². The molecule has 0 saturated carbocycles. The van der Waals surface area contributed by atoms with Crippen molar-refractivity contribution >= 4 is 0 Å². The van der Waals surface area contributed by atoms with E-state index in [1.54, 1.807) is 6.92 Å². The third-order valence-electron chi connectivity index (χ3n) is 2.09. The third kappa shape index (κ3) is 3.27. The van der Waals surface area contributed by atoms with E-state index in [0.29, 0.717) is 12.5 Å². The number of halogens is 2. The molecule has 1 atom stereocenters. The smallest absolute Gasteiger partial charge is 0.131 e. The predicted molar refractivity (Wildman–Crippen MR) is 55.6 cm³/mol. The molecule has 0 aliphatic rings. The van der Waals surface area contributed by atoms with Crippen molar-refractivity contribution in [1.82, 2.24) is 0 Å². The van der Waals surface area contributed by atoms with E-state index in [-0.39, 0.29) is 5.56 Å². The van der Waals surface area contributed by atoms with Crippen molar-refractivity contribution < 1.29 is 13.5 Å². The van der Waals surface area contributed by atoms with Crippen molar-refractivity contribution in [2.75, 3.05) is 6.61 Å². The Hall–Kier alpha value is -0.960. The second-order valence-electron chi connectivity index (χ2n) is 4.00. The zero-order valence-corrected chi connectivity index (χ0v) is 9.26. The molecule has 0 heterocycles. The van der Waals surface area contributed by atoms with Gasteiger partial charge in [0, 0.05) is 6.61 Å². The summed E-state index contributed by atoms with van der Waals surface area (Å²) in [6.07, 6.45) is -0.548. The minimum atomic E-state index is -0.550. The van der Waals surface area contributed by atoms with Crippen molar-refractivity contribution in [2.45, 2.75) is 26.9 Å². The highest BCUT2D eigenvalue weighted by molar-refractivity contribution is 5.21. The summed E-state index contributed by atoms with van der Waals surface area (Å²) in [5, 5.41) is 0. The van der Waals surface area contributed by atoms with Gasteiger partial charge in [-0.3, -0.25) is 0 Å². The lowest BCUT2D eigenvalue weighted by molar-refractivity contribution is 0.0425. The second-order valence-corrected chi connectivity index (χ2v) is 4.00. The van der Waals surface area contributed by atoms with Gasteiger partial charge in [-0.2, -0.15) is 0 Å². The maximum absolute atomic E-state index is 13.3. The molecule has 0 bridgehead atoms. The van der Waals surface area contributed by atoms with Crippen molar-refractivity contribution in [3.05, 3.63) is 35.4 Å². The quantitative estimate of drug-likeness (QED) is 0.742. The highest BCUT2D eigenvalue weighted by Gasteiger charge is 2.16. The molecule has 15 heavy (non-hydrogen) atoms. The number of hydrogen-bond donors (Lipinski definition) is 0. The van der Waals surface area contributed by atoms with Gasteiger partial charge in [0.1, 0.15) is 11.6 Å². The summed E-state index contributed by atoms with van der Waals surface area (Å²) in [5.74, 6) is -0.750. The van der Waals surface area contributed by atoms with Gasteiger partial charge in [0.25, 0.3) is 0 Å². The molecule has 0 radical (unpaired) electrons. The van der Waals surface area contributed by atoms with Gasteiger partial charge in [-0.25, -0.2) is 8.78 Å². The van der Waals surface area contributed by atoms with Crippen LogP contribution in [0.3, 0.4) is 0 Å². The molecule has 0 fully saturated rings. The molecule has 1 rings (SSSR count). The Morgan fingerprint density at radius 3 is 2.13 bits per heavy atom. The lowest BCUT2D eigenvalue weighted by Gasteiger charge is -2.16. The summed E-state index contributed by atoms with van der Waals surface area (Å²) in [7, 11) is 0. The van der Waals surface area contributed by atoms with Crippen molar-refractivity contribution in [2.24, 2.45) is 5.92 Å². The Labute approximate surface area is 89.1 Å². The molecule has 0 saturated heterocycles. The fourth-order valence-corrected chi connectivity index (χ4v) is 1.32. The van der Waals surface area contributed by atoms with Gasteiger partial charge in [-0.05, 0) is 25.0 Å². The highest BCUT2D eigenvalue weighted by Crippen LogP contribution is 2.23. The van der Waals surface area contributed by atoms with Gasteiger partial charge in [0.15, 0.2) is 0 Å². The van der Waals surface area contributed by atoms with Crippen LogP contribution in [0.25, 0.3) is 0 Å². The van der Waals surface area contributed by atoms with Crippen molar-refractivity contribution in [1.29, 1.82) is 0 Å². The SMILES string of the molecule is CC(C)COC(C)c1c(F)cccc1F. The fourth-order valence-electron chi connectivity index (χ4n) is 1.32. The lowest BCUT2D eigenvalue weighted by Crippen LogP contribution is -2.09. The van der Waals surface area contributed by atoms with Crippen LogP contribution in [0.15, 0.2) is 18.2 Å². The topological polar surface area (TPSA) is 9.23 Å². The standard InChI is InChI=1S/C12H16F2O/c1-8(2)7-15-9(3)12-10(13)5-4-6-11(12)14/h4-6,8-9H,7H2,1-3H3. The first-order valence-corrected chi connectivity index (χ1v) is 5.08. The van der Waals surface area contributed by atoms with Gasteiger partial charge in [0.2, 0.25) is 0 Å². The van der Waals surface area contributed by atoms with E-state index >= 15 is 0 Å². The minimum Gasteiger partial charge on any atom is -0.373 e. The van der Waals surface area contributed by atoms with E-state index in [2.05, 4.69) is 0 Å². The molecule has 0 aromatic heterocycles. The van der Waals surface area contributed by atoms with Gasteiger partial charge in [0.05, 0.1) is 11.7 Å². The van der Waals surface area contributed by atoms with Crippen LogP contribution in [-0.2, 0) is 4.74 Å². The van der Waals surface area contributed by atoms with Crippen LogP contribution in [0, 0.1) is 17.6 Å². The molecule has 1 aromatic rings. The Kier molecular flexibility index (Phi) is 4.21. The first-order chi connectivity index (χ1) is 7.02. The average molecular weight is 214 g/mol. The summed E-state index contributed by atoms with van der Waals surface area (Å²) in [4.78, 5) is 0. The van der Waals surface area contributed by atoms with E-state index in [0.717, 1.165) is 0 Å². The molecule has 0 aliphatic heterocycles. The fraction of sp³-hybridized carbons (Fsp3) is 0.500. The van der Waals surface area contributed by atoms with Crippen LogP contribution in [0.2, 0.25) is 0 Å². The second kappa shape index (κ2) is 5.21. The predicted octanol–water partition coefficient (Wildman–Crippen LogP) is 3.70. The van der Waals surface area contributed by atoms with Gasteiger partial charge < -0.3 is 4.74 Å². The molecule has 0 aliphatic carbocycles. The van der Waals surface area contributed by atoms with Gasteiger partial charge in [-0.1, -0.05) is 19.9 Å². The van der Waals surface area contributed by atoms with E-state index in [9.17, 15) is 8.78 Å². The largest absolute Gasteiger partial charge is 0.373 e. The summed E-state index contributed by atoms with van der Waals surface area (Å²) >= 11 is 0. The van der Waals surface area contributed by atoms with Crippen LogP contribution >= 0.6 is 0 Å². The van der Waals surface area contributed by atoms with Gasteiger partial charge in [-0.15, -0.1) is 0 Å². The Morgan fingerprint density at radius 2 is 1.67 bits per heavy atom. The highest BCUT2D eigenvalue weighted by atomic mass is 19.1. The number of hydrogen-bond acceptors (Lipinski definition) is 1. The molecule has 0 N–H and O–H groups in total. The number of benzene rings is 1. The summed E-state index contributed by atoms with van der Waals surface area (Å²) in [6, 6.07) is 3.84. The normalized spacial score (nSPS) is 13.2. The van der Waals surface area contributed by atoms with Crippen LogP contribution in [0.4, 0.5) is 8.78 Å². The number of ether oxygens (including phenoxy) is 1. The first kappa shape index (κ1) is 12.1. The minimum absolute atomic E-state index is 0.0122. The summed E-state index contributed by atoms with van der Waals surface area (Å²) in [6.45, 7) is 6.13. The molecule has 1 aromatic carbocycles. The van der Waals surface area contributed by atoms with E-state index < -0.39 is 17.7 Å². The van der Waals surface area contributed by atoms with E-state index in [4.69, 9.17) is 4.74 Å².